The van der Waals surface area contributed by atoms with Gasteiger partial charge in [0.1, 0.15) is 0 Å². The summed E-state index contributed by atoms with van der Waals surface area (Å²) >= 11 is 0. The highest BCUT2D eigenvalue weighted by Crippen LogP contribution is 2.38. The molecule has 0 atom stereocenters. The molecule has 0 N–H and O–H groups in total. The fraction of sp³-hybridized carbons (Fsp3) is 0.294. The first-order valence-electron chi connectivity index (χ1n) is 7.04. The summed E-state index contributed by atoms with van der Waals surface area (Å²) in [5.41, 5.74) is 1.78. The van der Waals surface area contributed by atoms with Crippen LogP contribution < -0.4 is 0 Å². The molecular weight excluding hydrogens is 283 g/mol. The molecule has 4 heteroatoms. The molecule has 0 fully saturated rings. The summed E-state index contributed by atoms with van der Waals surface area (Å²) in [7, 11) is -0.197. The molecule has 0 amide bonds. The monoisotopic (exact) mass is 302 g/mol. The van der Waals surface area contributed by atoms with E-state index in [0.29, 0.717) is 13.2 Å². The Morgan fingerprint density at radius 1 is 0.857 bits per heavy atom. The fourth-order valence-electron chi connectivity index (χ4n) is 2.21. The lowest BCUT2D eigenvalue weighted by Crippen LogP contribution is -2.27. The maximum atomic E-state index is 11.6. The van der Waals surface area contributed by atoms with Crippen molar-refractivity contribution in [2.45, 2.75) is 19.4 Å². The van der Waals surface area contributed by atoms with Gasteiger partial charge in [-0.25, -0.2) is 0 Å². The van der Waals surface area contributed by atoms with Crippen molar-refractivity contribution in [2.75, 3.05) is 13.2 Å². The van der Waals surface area contributed by atoms with Gasteiger partial charge in [0, 0.05) is 18.8 Å². The summed E-state index contributed by atoms with van der Waals surface area (Å²) in [6.07, 6.45) is 0. The lowest BCUT2D eigenvalue weighted by molar-refractivity contribution is -0.176. The van der Waals surface area contributed by atoms with Gasteiger partial charge in [-0.05, 0) is 25.0 Å². The van der Waals surface area contributed by atoms with Crippen LogP contribution in [0.3, 0.4) is 0 Å². The smallest absolute Gasteiger partial charge is 0.278 e. The largest absolute Gasteiger partial charge is 0.337 e. The van der Waals surface area contributed by atoms with E-state index in [1.165, 1.54) is 0 Å². The SMILES string of the molecule is CCOC(OCC)(P=O)c1ccc(-c2ccccc2)cc1. The molecule has 0 aromatic heterocycles. The van der Waals surface area contributed by atoms with Crippen molar-refractivity contribution in [3.05, 3.63) is 60.2 Å². The number of hydrogen-bond acceptors (Lipinski definition) is 3. The lowest BCUT2D eigenvalue weighted by Gasteiger charge is -2.26. The van der Waals surface area contributed by atoms with Crippen molar-refractivity contribution in [3.8, 4) is 11.1 Å². The topological polar surface area (TPSA) is 35.5 Å². The fourth-order valence-corrected chi connectivity index (χ4v) is 2.83. The molecule has 0 aliphatic rings. The van der Waals surface area contributed by atoms with E-state index in [0.717, 1.165) is 16.7 Å². The molecule has 0 unspecified atom stereocenters. The summed E-state index contributed by atoms with van der Waals surface area (Å²) in [4.78, 5) is 0. The van der Waals surface area contributed by atoms with Gasteiger partial charge in [0.05, 0.1) is 0 Å². The molecule has 0 radical (unpaired) electrons. The third kappa shape index (κ3) is 3.56. The van der Waals surface area contributed by atoms with E-state index >= 15 is 0 Å². The van der Waals surface area contributed by atoms with Crippen molar-refractivity contribution in [1.29, 1.82) is 0 Å². The molecule has 2 rings (SSSR count). The first kappa shape index (κ1) is 15.8. The first-order valence-corrected chi connectivity index (χ1v) is 7.85. The third-order valence-corrected chi connectivity index (χ3v) is 3.91. The molecule has 0 saturated carbocycles. The predicted octanol–water partition coefficient (Wildman–Crippen LogP) is 4.83. The maximum absolute atomic E-state index is 11.6. The van der Waals surface area contributed by atoms with Crippen LogP contribution in [0.2, 0.25) is 0 Å². The Kier molecular flexibility index (Phi) is 5.63. The molecule has 0 aliphatic carbocycles. The quantitative estimate of drug-likeness (QED) is 0.543. The number of hydrogen-bond donors (Lipinski definition) is 0. The summed E-state index contributed by atoms with van der Waals surface area (Å²) in [5.74, 6) is 0. The van der Waals surface area contributed by atoms with Crippen molar-refractivity contribution < 1.29 is 14.0 Å². The molecule has 0 aliphatic heterocycles. The molecule has 2 aromatic rings. The van der Waals surface area contributed by atoms with E-state index in [-0.39, 0.29) is 8.46 Å². The number of rotatable bonds is 7. The highest BCUT2D eigenvalue weighted by Gasteiger charge is 2.35. The minimum Gasteiger partial charge on any atom is -0.337 e. The van der Waals surface area contributed by atoms with Crippen LogP contribution in [0.5, 0.6) is 0 Å². The molecule has 21 heavy (non-hydrogen) atoms. The Morgan fingerprint density at radius 3 is 1.86 bits per heavy atom. The van der Waals surface area contributed by atoms with Gasteiger partial charge in [-0.1, -0.05) is 54.6 Å². The van der Waals surface area contributed by atoms with E-state index in [1.54, 1.807) is 0 Å². The standard InChI is InChI=1S/C17H19O3P/c1-3-19-17(21-18,20-4-2)16-12-10-15(11-13-16)14-8-6-5-7-9-14/h5-13H,3-4H2,1-2H3. The molecular formula is C17H19O3P. The van der Waals surface area contributed by atoms with Crippen LogP contribution in [-0.4, -0.2) is 13.2 Å². The second-order valence-corrected chi connectivity index (χ2v) is 5.25. The predicted molar refractivity (Wildman–Crippen MR) is 84.4 cm³/mol. The van der Waals surface area contributed by atoms with Gasteiger partial charge in [-0.15, -0.1) is 0 Å². The van der Waals surface area contributed by atoms with E-state index in [9.17, 15) is 4.57 Å². The second-order valence-electron chi connectivity index (χ2n) is 4.48. The van der Waals surface area contributed by atoms with Gasteiger partial charge in [-0.3, -0.25) is 4.57 Å². The number of benzene rings is 2. The van der Waals surface area contributed by atoms with E-state index in [4.69, 9.17) is 9.47 Å². The van der Waals surface area contributed by atoms with E-state index < -0.39 is 5.53 Å². The summed E-state index contributed by atoms with van der Waals surface area (Å²) in [6, 6.07) is 17.9. The Hall–Kier alpha value is -1.54. The second kappa shape index (κ2) is 7.46. The minimum atomic E-state index is -1.21. The van der Waals surface area contributed by atoms with Crippen LogP contribution >= 0.6 is 8.46 Å². The molecule has 0 heterocycles. The highest BCUT2D eigenvalue weighted by atomic mass is 31.1. The van der Waals surface area contributed by atoms with Gasteiger partial charge < -0.3 is 9.47 Å². The zero-order valence-corrected chi connectivity index (χ0v) is 13.2. The van der Waals surface area contributed by atoms with Gasteiger partial charge in [0.25, 0.3) is 5.53 Å². The summed E-state index contributed by atoms with van der Waals surface area (Å²) in [5, 5.41) is 0. The van der Waals surface area contributed by atoms with Crippen LogP contribution in [-0.2, 0) is 19.6 Å². The van der Waals surface area contributed by atoms with E-state index in [2.05, 4.69) is 12.1 Å². The van der Waals surface area contributed by atoms with Crippen molar-refractivity contribution in [3.63, 3.8) is 0 Å². The van der Waals surface area contributed by atoms with Gasteiger partial charge >= 0.3 is 0 Å². The van der Waals surface area contributed by atoms with Gasteiger partial charge in [0.2, 0.25) is 8.46 Å². The highest BCUT2D eigenvalue weighted by molar-refractivity contribution is 7.24. The van der Waals surface area contributed by atoms with Crippen LogP contribution in [0, 0.1) is 0 Å². The third-order valence-electron chi connectivity index (χ3n) is 3.16. The molecule has 2 aromatic carbocycles. The minimum absolute atomic E-state index is 0.197. The zero-order valence-electron chi connectivity index (χ0n) is 12.3. The summed E-state index contributed by atoms with van der Waals surface area (Å²) < 4.78 is 22.8. The van der Waals surface area contributed by atoms with Crippen molar-refractivity contribution >= 4 is 8.46 Å². The average molecular weight is 302 g/mol. The van der Waals surface area contributed by atoms with Crippen LogP contribution in [0.1, 0.15) is 19.4 Å². The normalized spacial score (nSPS) is 11.7. The molecule has 3 nitrogen and oxygen atoms in total. The Labute approximate surface area is 127 Å². The Balaban J connectivity index is 2.33. The number of ether oxygens (including phenoxy) is 2. The Morgan fingerprint density at radius 2 is 1.38 bits per heavy atom. The van der Waals surface area contributed by atoms with Crippen LogP contribution in [0.4, 0.5) is 0 Å². The van der Waals surface area contributed by atoms with Crippen molar-refractivity contribution in [1.82, 2.24) is 0 Å². The maximum Gasteiger partial charge on any atom is 0.278 e. The van der Waals surface area contributed by atoms with Crippen LogP contribution in [0.25, 0.3) is 11.1 Å². The molecule has 0 bridgehead atoms. The van der Waals surface area contributed by atoms with E-state index in [1.807, 2.05) is 56.3 Å². The van der Waals surface area contributed by atoms with Gasteiger partial charge in [-0.2, -0.15) is 0 Å². The Bertz CT molecular complexity index is 560. The molecule has 0 saturated heterocycles. The average Bonchev–Trinajstić information content (AvgIpc) is 2.55. The van der Waals surface area contributed by atoms with Crippen LogP contribution in [0.15, 0.2) is 54.6 Å². The zero-order chi connectivity index (χ0) is 15.1. The lowest BCUT2D eigenvalue weighted by atomic mass is 10.0. The van der Waals surface area contributed by atoms with Crippen molar-refractivity contribution in [2.24, 2.45) is 0 Å². The molecule has 0 spiro atoms. The molecule has 110 valence electrons. The summed E-state index contributed by atoms with van der Waals surface area (Å²) in [6.45, 7) is 4.57. The van der Waals surface area contributed by atoms with Gasteiger partial charge in [0.15, 0.2) is 0 Å². The first-order chi connectivity index (χ1) is 10.3.